The molecule has 0 bridgehead atoms. The number of hydrogen-bond acceptors (Lipinski definition) is 6. The lowest BCUT2D eigenvalue weighted by Crippen LogP contribution is -2.39. The number of halogens is 1. The molecule has 3 N–H and O–H groups in total. The Labute approximate surface area is 196 Å². The van der Waals surface area contributed by atoms with Gasteiger partial charge in [0.2, 0.25) is 0 Å². The Hall–Kier alpha value is -3.82. The molecule has 3 rings (SSSR count). The lowest BCUT2D eigenvalue weighted by molar-refractivity contribution is -0.384. The molecule has 0 saturated carbocycles. The number of para-hydroxylation sites is 1. The maximum Gasteiger partial charge on any atom is 0.410 e. The van der Waals surface area contributed by atoms with Gasteiger partial charge in [0, 0.05) is 29.7 Å². The van der Waals surface area contributed by atoms with Gasteiger partial charge in [-0.05, 0) is 63.4 Å². The molecular formula is C24H29FN4O5. The Balaban J connectivity index is 1.64. The van der Waals surface area contributed by atoms with Gasteiger partial charge in [-0.25, -0.2) is 9.18 Å². The van der Waals surface area contributed by atoms with Gasteiger partial charge in [-0.2, -0.15) is 0 Å². The smallest absolute Gasteiger partial charge is 0.410 e. The average Bonchev–Trinajstić information content (AvgIpc) is 3.14. The van der Waals surface area contributed by atoms with E-state index in [1.807, 2.05) is 6.20 Å². The van der Waals surface area contributed by atoms with Crippen molar-refractivity contribution < 1.29 is 23.6 Å². The zero-order chi connectivity index (χ0) is 24.9. The SMILES string of the molecule is CC(C)(C)OC(=O)N(CCCc1c[nH]c2ccc(F)cc12)CCOc1cccc([N+](=O)[O-])c1N. The number of nitrogen functional groups attached to an aromatic ring is 1. The third-order valence-electron chi connectivity index (χ3n) is 5.11. The Morgan fingerprint density at radius 3 is 2.71 bits per heavy atom. The largest absolute Gasteiger partial charge is 0.489 e. The molecule has 182 valence electrons. The second kappa shape index (κ2) is 10.4. The van der Waals surface area contributed by atoms with Crippen molar-refractivity contribution in [3.05, 3.63) is 64.1 Å². The van der Waals surface area contributed by atoms with Crippen molar-refractivity contribution in [2.75, 3.05) is 25.4 Å². The first-order chi connectivity index (χ1) is 16.0. The summed E-state index contributed by atoms with van der Waals surface area (Å²) in [5, 5.41) is 11.9. The fraction of sp³-hybridized carbons (Fsp3) is 0.375. The van der Waals surface area contributed by atoms with Gasteiger partial charge in [0.15, 0.2) is 5.69 Å². The number of anilines is 1. The number of amides is 1. The van der Waals surface area contributed by atoms with Crippen LogP contribution in [-0.2, 0) is 11.2 Å². The van der Waals surface area contributed by atoms with E-state index in [1.54, 1.807) is 26.8 Å². The quantitative estimate of drug-likeness (QED) is 0.255. The molecule has 0 unspecified atom stereocenters. The molecule has 0 atom stereocenters. The standard InChI is InChI=1S/C24H29FN4O5/c1-24(2,3)34-23(30)28(12-13-33-21-8-4-7-20(22(21)26)29(31)32)11-5-6-16-15-27-19-10-9-17(25)14-18(16)19/h4,7-10,14-15,27H,5-6,11-13,26H2,1-3H3. The summed E-state index contributed by atoms with van der Waals surface area (Å²) in [5.41, 5.74) is 6.66. The molecule has 9 nitrogen and oxygen atoms in total. The van der Waals surface area contributed by atoms with Crippen LogP contribution >= 0.6 is 0 Å². The molecule has 0 spiro atoms. The molecule has 0 aliphatic rings. The number of nitro groups is 1. The maximum atomic E-state index is 13.6. The number of aryl methyl sites for hydroxylation is 1. The minimum absolute atomic E-state index is 0.0668. The minimum atomic E-state index is -0.672. The molecule has 0 aliphatic heterocycles. The summed E-state index contributed by atoms with van der Waals surface area (Å²) >= 11 is 0. The van der Waals surface area contributed by atoms with Crippen LogP contribution in [0.15, 0.2) is 42.6 Å². The van der Waals surface area contributed by atoms with Crippen molar-refractivity contribution >= 4 is 28.4 Å². The van der Waals surface area contributed by atoms with Crippen molar-refractivity contribution in [2.24, 2.45) is 0 Å². The van der Waals surface area contributed by atoms with Crippen LogP contribution in [0.5, 0.6) is 5.75 Å². The normalized spacial score (nSPS) is 11.4. The first kappa shape index (κ1) is 24.8. The first-order valence-corrected chi connectivity index (χ1v) is 10.9. The molecular weight excluding hydrogens is 443 g/mol. The van der Waals surface area contributed by atoms with Crippen LogP contribution in [0, 0.1) is 15.9 Å². The number of rotatable bonds is 9. The minimum Gasteiger partial charge on any atom is -0.489 e. The predicted octanol–water partition coefficient (Wildman–Crippen LogP) is 5.05. The van der Waals surface area contributed by atoms with Crippen LogP contribution in [-0.4, -0.2) is 46.2 Å². The number of nitrogens with one attached hydrogen (secondary N) is 1. The molecule has 10 heteroatoms. The van der Waals surface area contributed by atoms with Crippen LogP contribution in [0.2, 0.25) is 0 Å². The molecule has 0 saturated heterocycles. The van der Waals surface area contributed by atoms with E-state index in [-0.39, 0.29) is 36.1 Å². The lowest BCUT2D eigenvalue weighted by atomic mass is 10.1. The summed E-state index contributed by atoms with van der Waals surface area (Å²) < 4.78 is 24.8. The van der Waals surface area contributed by atoms with E-state index < -0.39 is 16.6 Å². The zero-order valence-corrected chi connectivity index (χ0v) is 19.5. The Bertz CT molecular complexity index is 1170. The van der Waals surface area contributed by atoms with E-state index in [4.69, 9.17) is 15.2 Å². The summed E-state index contributed by atoms with van der Waals surface area (Å²) in [6, 6.07) is 8.91. The Morgan fingerprint density at radius 2 is 2.00 bits per heavy atom. The molecule has 1 amide bonds. The fourth-order valence-electron chi connectivity index (χ4n) is 3.52. The molecule has 2 aromatic carbocycles. The fourth-order valence-corrected chi connectivity index (χ4v) is 3.52. The highest BCUT2D eigenvalue weighted by molar-refractivity contribution is 5.83. The van der Waals surface area contributed by atoms with Crippen LogP contribution in [0.3, 0.4) is 0 Å². The third-order valence-corrected chi connectivity index (χ3v) is 5.11. The number of nitrogens with zero attached hydrogens (tertiary/aromatic N) is 2. The second-order valence-electron chi connectivity index (χ2n) is 8.87. The highest BCUT2D eigenvalue weighted by Crippen LogP contribution is 2.30. The van der Waals surface area contributed by atoms with Crippen LogP contribution < -0.4 is 10.5 Å². The number of ether oxygens (including phenoxy) is 2. The number of fused-ring (bicyclic) bond motifs is 1. The van der Waals surface area contributed by atoms with E-state index in [0.29, 0.717) is 19.4 Å². The van der Waals surface area contributed by atoms with Crippen molar-refractivity contribution in [1.29, 1.82) is 0 Å². The third kappa shape index (κ3) is 6.37. The molecule has 0 aliphatic carbocycles. The average molecular weight is 473 g/mol. The van der Waals surface area contributed by atoms with Crippen molar-refractivity contribution in [1.82, 2.24) is 9.88 Å². The van der Waals surface area contributed by atoms with Gasteiger partial charge in [-0.15, -0.1) is 0 Å². The first-order valence-electron chi connectivity index (χ1n) is 10.9. The van der Waals surface area contributed by atoms with Crippen molar-refractivity contribution in [3.8, 4) is 5.75 Å². The van der Waals surface area contributed by atoms with Gasteiger partial charge in [-0.3, -0.25) is 10.1 Å². The Morgan fingerprint density at radius 1 is 1.24 bits per heavy atom. The predicted molar refractivity (Wildman–Crippen MR) is 127 cm³/mol. The molecule has 1 heterocycles. The van der Waals surface area contributed by atoms with E-state index >= 15 is 0 Å². The molecule has 0 radical (unpaired) electrons. The molecule has 3 aromatic rings. The van der Waals surface area contributed by atoms with Crippen LogP contribution in [0.4, 0.5) is 20.6 Å². The number of carbonyl (C=O) groups excluding carboxylic acids is 1. The molecule has 1 aromatic heterocycles. The van der Waals surface area contributed by atoms with Gasteiger partial charge in [-0.1, -0.05) is 6.07 Å². The molecule has 34 heavy (non-hydrogen) atoms. The van der Waals surface area contributed by atoms with Gasteiger partial charge >= 0.3 is 6.09 Å². The monoisotopic (exact) mass is 472 g/mol. The number of benzene rings is 2. The van der Waals surface area contributed by atoms with Gasteiger partial charge in [0.05, 0.1) is 11.5 Å². The number of carbonyl (C=O) groups is 1. The highest BCUT2D eigenvalue weighted by Gasteiger charge is 2.22. The molecule has 0 fully saturated rings. The van der Waals surface area contributed by atoms with E-state index in [2.05, 4.69) is 4.98 Å². The number of aromatic amines is 1. The van der Waals surface area contributed by atoms with E-state index in [0.717, 1.165) is 16.5 Å². The van der Waals surface area contributed by atoms with E-state index in [1.165, 1.54) is 35.2 Å². The van der Waals surface area contributed by atoms with Gasteiger partial charge in [0.1, 0.15) is 23.8 Å². The summed E-state index contributed by atoms with van der Waals surface area (Å²) in [6.45, 7) is 5.99. The Kier molecular flexibility index (Phi) is 7.60. The highest BCUT2D eigenvalue weighted by atomic mass is 19.1. The van der Waals surface area contributed by atoms with Crippen molar-refractivity contribution in [3.63, 3.8) is 0 Å². The second-order valence-corrected chi connectivity index (χ2v) is 8.87. The van der Waals surface area contributed by atoms with Crippen molar-refractivity contribution in [2.45, 2.75) is 39.2 Å². The lowest BCUT2D eigenvalue weighted by Gasteiger charge is -2.27. The van der Waals surface area contributed by atoms with Crippen LogP contribution in [0.1, 0.15) is 32.8 Å². The maximum absolute atomic E-state index is 13.6. The van der Waals surface area contributed by atoms with Crippen LogP contribution in [0.25, 0.3) is 10.9 Å². The summed E-state index contributed by atoms with van der Waals surface area (Å²) in [6.07, 6.45) is 2.59. The number of hydrogen-bond donors (Lipinski definition) is 2. The number of nitro benzene ring substituents is 1. The summed E-state index contributed by atoms with van der Waals surface area (Å²) in [7, 11) is 0. The number of nitrogens with two attached hydrogens (primary N) is 1. The summed E-state index contributed by atoms with van der Waals surface area (Å²) in [4.78, 5) is 27.9. The number of H-pyrrole nitrogens is 1. The van der Waals surface area contributed by atoms with Gasteiger partial charge in [0.25, 0.3) is 5.69 Å². The van der Waals surface area contributed by atoms with Gasteiger partial charge < -0.3 is 25.1 Å². The zero-order valence-electron chi connectivity index (χ0n) is 19.5. The summed E-state index contributed by atoms with van der Waals surface area (Å²) in [5.74, 6) is -0.125. The number of aromatic nitrogens is 1. The topological polar surface area (TPSA) is 124 Å². The van der Waals surface area contributed by atoms with E-state index in [9.17, 15) is 19.3 Å².